The van der Waals surface area contributed by atoms with Crippen molar-refractivity contribution in [3.8, 4) is 17.6 Å². The van der Waals surface area contributed by atoms with E-state index in [2.05, 4.69) is 26.9 Å². The number of esters is 1. The molecule has 3 rings (SSSR count). The molecule has 2 aromatic rings. The van der Waals surface area contributed by atoms with E-state index < -0.39 is 0 Å². The number of ether oxygens (including phenoxy) is 2. The lowest BCUT2D eigenvalue weighted by atomic mass is 9.98. The van der Waals surface area contributed by atoms with Gasteiger partial charge in [0.2, 0.25) is 0 Å². The molecule has 1 aliphatic rings. The summed E-state index contributed by atoms with van der Waals surface area (Å²) < 4.78 is 9.88. The van der Waals surface area contributed by atoms with Gasteiger partial charge in [-0.3, -0.25) is 9.59 Å². The van der Waals surface area contributed by atoms with E-state index >= 15 is 0 Å². The summed E-state index contributed by atoms with van der Waals surface area (Å²) >= 11 is 0. The number of aromatic amines is 1. The summed E-state index contributed by atoms with van der Waals surface area (Å²) in [5.41, 5.74) is 9.51. The Morgan fingerprint density at radius 3 is 2.85 bits per heavy atom. The predicted molar refractivity (Wildman–Crippen MR) is 103 cm³/mol. The van der Waals surface area contributed by atoms with E-state index in [1.165, 1.54) is 7.11 Å². The maximum absolute atomic E-state index is 12.5. The van der Waals surface area contributed by atoms with Crippen LogP contribution in [0.2, 0.25) is 0 Å². The molecule has 1 amide bonds. The van der Waals surface area contributed by atoms with Crippen molar-refractivity contribution in [1.29, 1.82) is 0 Å². The highest BCUT2D eigenvalue weighted by atomic mass is 16.5. The molecule has 0 spiro atoms. The van der Waals surface area contributed by atoms with Crippen molar-refractivity contribution in [3.05, 3.63) is 41.2 Å². The second-order valence-corrected chi connectivity index (χ2v) is 5.80. The van der Waals surface area contributed by atoms with E-state index in [1.54, 1.807) is 37.6 Å². The van der Waals surface area contributed by atoms with E-state index in [4.69, 9.17) is 10.5 Å². The van der Waals surface area contributed by atoms with Crippen molar-refractivity contribution < 1.29 is 19.1 Å². The number of nitrogen functional groups attached to an aromatic ring is 1. The first kappa shape index (κ1) is 18.1. The number of H-pyrrole nitrogens is 1. The van der Waals surface area contributed by atoms with Crippen molar-refractivity contribution >= 4 is 34.9 Å². The largest absolute Gasteiger partial charge is 0.495 e. The molecule has 7 heteroatoms. The number of rotatable bonds is 4. The first-order valence-corrected chi connectivity index (χ1v) is 8.28. The summed E-state index contributed by atoms with van der Waals surface area (Å²) in [6.07, 6.45) is 3.96. The highest BCUT2D eigenvalue weighted by molar-refractivity contribution is 6.35. The lowest BCUT2D eigenvalue weighted by Gasteiger charge is -2.06. The number of hydrogen-bond donors (Lipinski definition) is 3. The van der Waals surface area contributed by atoms with Crippen LogP contribution < -0.4 is 15.8 Å². The predicted octanol–water partition coefficient (Wildman–Crippen LogP) is 2.40. The van der Waals surface area contributed by atoms with Crippen molar-refractivity contribution in [2.75, 3.05) is 25.3 Å². The summed E-state index contributed by atoms with van der Waals surface area (Å²) in [5.74, 6) is 5.97. The van der Waals surface area contributed by atoms with Crippen molar-refractivity contribution in [2.24, 2.45) is 0 Å². The van der Waals surface area contributed by atoms with Gasteiger partial charge in [-0.15, -0.1) is 0 Å². The van der Waals surface area contributed by atoms with Gasteiger partial charge in [-0.1, -0.05) is 11.8 Å². The molecule has 0 unspecified atom stereocenters. The Morgan fingerprint density at radius 1 is 1.30 bits per heavy atom. The molecule has 1 aliphatic heterocycles. The number of nitrogens with two attached hydrogens (primary N) is 1. The Labute approximate surface area is 156 Å². The summed E-state index contributed by atoms with van der Waals surface area (Å²) in [7, 11) is 2.89. The Hall–Kier alpha value is -3.66. The lowest BCUT2D eigenvalue weighted by molar-refractivity contribution is -0.140. The summed E-state index contributed by atoms with van der Waals surface area (Å²) in [6, 6.07) is 5.21. The topological polar surface area (TPSA) is 106 Å². The Balaban J connectivity index is 2.02. The van der Waals surface area contributed by atoms with Gasteiger partial charge in [-0.2, -0.15) is 0 Å². The third-order valence-corrected chi connectivity index (χ3v) is 4.14. The van der Waals surface area contributed by atoms with Crippen molar-refractivity contribution in [1.82, 2.24) is 4.98 Å². The zero-order valence-electron chi connectivity index (χ0n) is 15.0. The molecule has 1 aromatic heterocycles. The number of methoxy groups -OCH3 is 2. The zero-order chi connectivity index (χ0) is 19.4. The van der Waals surface area contributed by atoms with Crippen LogP contribution in [0.1, 0.15) is 29.7 Å². The van der Waals surface area contributed by atoms with Gasteiger partial charge in [0.15, 0.2) is 0 Å². The number of fused-ring (bicyclic) bond motifs is 1. The highest BCUT2D eigenvalue weighted by Gasteiger charge is 2.28. The van der Waals surface area contributed by atoms with Crippen LogP contribution >= 0.6 is 0 Å². The van der Waals surface area contributed by atoms with E-state index in [0.29, 0.717) is 45.9 Å². The number of nitrogens with one attached hydrogen (secondary N) is 2. The molecule has 1 aromatic carbocycles. The minimum atomic E-state index is -0.327. The second kappa shape index (κ2) is 7.70. The third kappa shape index (κ3) is 3.65. The summed E-state index contributed by atoms with van der Waals surface area (Å²) in [5, 5.41) is 2.82. The van der Waals surface area contributed by atoms with Gasteiger partial charge in [0.05, 0.1) is 43.2 Å². The van der Waals surface area contributed by atoms with Gasteiger partial charge in [-0.25, -0.2) is 0 Å². The molecule has 0 aliphatic carbocycles. The average molecular weight is 365 g/mol. The monoisotopic (exact) mass is 365 g/mol. The molecule has 2 heterocycles. The fourth-order valence-electron chi connectivity index (χ4n) is 2.80. The number of carbonyl (C=O) groups is 2. The molecule has 0 radical (unpaired) electrons. The van der Waals surface area contributed by atoms with Crippen LogP contribution in [0.15, 0.2) is 24.4 Å². The molecule has 0 fully saturated rings. The van der Waals surface area contributed by atoms with E-state index in [0.717, 1.165) is 0 Å². The fraction of sp³-hybridized carbons (Fsp3) is 0.200. The van der Waals surface area contributed by atoms with Gasteiger partial charge < -0.3 is 25.5 Å². The second-order valence-electron chi connectivity index (χ2n) is 5.80. The fourth-order valence-corrected chi connectivity index (χ4v) is 2.80. The number of anilines is 2. The average Bonchev–Trinajstić information content (AvgIpc) is 3.24. The van der Waals surface area contributed by atoms with Gasteiger partial charge in [0, 0.05) is 23.9 Å². The molecular weight excluding hydrogens is 346 g/mol. The molecule has 0 saturated heterocycles. The smallest absolute Gasteiger partial charge is 0.306 e. The quantitative estimate of drug-likeness (QED) is 0.334. The molecule has 138 valence electrons. The van der Waals surface area contributed by atoms with Crippen LogP contribution in [-0.2, 0) is 14.3 Å². The Kier molecular flexibility index (Phi) is 5.18. The highest BCUT2D eigenvalue weighted by Crippen LogP contribution is 2.38. The van der Waals surface area contributed by atoms with Crippen molar-refractivity contribution in [3.63, 3.8) is 0 Å². The molecule has 27 heavy (non-hydrogen) atoms. The van der Waals surface area contributed by atoms with Gasteiger partial charge >= 0.3 is 5.97 Å². The van der Waals surface area contributed by atoms with E-state index in [1.807, 2.05) is 0 Å². The number of hydrogen-bond acceptors (Lipinski definition) is 5. The molecule has 0 saturated carbocycles. The first-order valence-electron chi connectivity index (χ1n) is 8.28. The van der Waals surface area contributed by atoms with Crippen LogP contribution in [-0.4, -0.2) is 31.1 Å². The SMILES string of the molecule is COC(=O)CCC#Cc1c(N)ccc2c1/C(=C/c1[nH]ccc1OC)C(=O)N2. The van der Waals surface area contributed by atoms with Gasteiger partial charge in [-0.05, 0) is 24.3 Å². The van der Waals surface area contributed by atoms with Gasteiger partial charge in [0.25, 0.3) is 5.91 Å². The maximum atomic E-state index is 12.5. The Morgan fingerprint density at radius 2 is 2.11 bits per heavy atom. The van der Waals surface area contributed by atoms with Crippen LogP contribution in [0, 0.1) is 11.8 Å². The van der Waals surface area contributed by atoms with Crippen LogP contribution in [0.3, 0.4) is 0 Å². The molecule has 0 bridgehead atoms. The first-order chi connectivity index (χ1) is 13.0. The van der Waals surface area contributed by atoms with Crippen LogP contribution in [0.5, 0.6) is 5.75 Å². The normalized spacial score (nSPS) is 13.6. The molecule has 7 nitrogen and oxygen atoms in total. The Bertz CT molecular complexity index is 992. The molecule has 0 atom stereocenters. The van der Waals surface area contributed by atoms with Crippen molar-refractivity contribution in [2.45, 2.75) is 12.8 Å². The number of amides is 1. The minimum Gasteiger partial charge on any atom is -0.495 e. The van der Waals surface area contributed by atoms with E-state index in [-0.39, 0.29) is 18.3 Å². The van der Waals surface area contributed by atoms with Gasteiger partial charge in [0.1, 0.15) is 5.75 Å². The van der Waals surface area contributed by atoms with Crippen LogP contribution in [0.25, 0.3) is 11.6 Å². The molecular formula is C20H19N3O4. The standard InChI is InChI=1S/C20H19N3O4/c1-26-17-9-10-22-16(17)11-13-19-12(5-3-4-6-18(24)27-2)14(21)7-8-15(19)23-20(13)25/h7-11,22H,4,6,21H2,1-2H3,(H,23,25)/b13-11-. The maximum Gasteiger partial charge on any atom is 0.306 e. The number of carbonyl (C=O) groups excluding carboxylic acids is 2. The number of benzene rings is 1. The van der Waals surface area contributed by atoms with Crippen LogP contribution in [0.4, 0.5) is 11.4 Å². The molecule has 4 N–H and O–H groups in total. The number of aromatic nitrogens is 1. The third-order valence-electron chi connectivity index (χ3n) is 4.14. The summed E-state index contributed by atoms with van der Waals surface area (Å²) in [6.45, 7) is 0. The zero-order valence-corrected chi connectivity index (χ0v) is 15.0. The lowest BCUT2D eigenvalue weighted by Crippen LogP contribution is -2.03. The van der Waals surface area contributed by atoms with E-state index in [9.17, 15) is 9.59 Å². The minimum absolute atomic E-state index is 0.192. The summed E-state index contributed by atoms with van der Waals surface area (Å²) in [4.78, 5) is 26.8.